The normalized spacial score (nSPS) is 10.5. The molecule has 0 aliphatic heterocycles. The van der Waals surface area contributed by atoms with Crippen molar-refractivity contribution < 1.29 is 4.79 Å². The SMILES string of the molecule is O=C(Cc1csc(-c2cnccn2)n1)NCc1ccc[nH]1. The van der Waals surface area contributed by atoms with E-state index < -0.39 is 0 Å². The number of rotatable bonds is 5. The summed E-state index contributed by atoms with van der Waals surface area (Å²) in [7, 11) is 0. The maximum atomic E-state index is 11.9. The molecule has 3 rings (SSSR count). The summed E-state index contributed by atoms with van der Waals surface area (Å²) in [6.45, 7) is 0.493. The maximum absolute atomic E-state index is 11.9. The Hall–Kier alpha value is -2.54. The molecule has 0 fully saturated rings. The van der Waals surface area contributed by atoms with Gasteiger partial charge in [0.1, 0.15) is 10.7 Å². The molecular formula is C14H13N5OS. The zero-order chi connectivity index (χ0) is 14.5. The first kappa shape index (κ1) is 13.4. The molecule has 21 heavy (non-hydrogen) atoms. The van der Waals surface area contributed by atoms with Crippen molar-refractivity contribution in [1.82, 2.24) is 25.3 Å². The molecule has 106 valence electrons. The molecule has 7 heteroatoms. The fourth-order valence-electron chi connectivity index (χ4n) is 1.81. The van der Waals surface area contributed by atoms with Gasteiger partial charge in [-0.25, -0.2) is 4.98 Å². The minimum atomic E-state index is -0.0550. The Balaban J connectivity index is 1.58. The van der Waals surface area contributed by atoms with E-state index in [1.807, 2.05) is 23.7 Å². The van der Waals surface area contributed by atoms with Gasteiger partial charge in [-0.3, -0.25) is 14.8 Å². The number of H-pyrrole nitrogens is 1. The van der Waals surface area contributed by atoms with Gasteiger partial charge >= 0.3 is 0 Å². The highest BCUT2D eigenvalue weighted by atomic mass is 32.1. The van der Waals surface area contributed by atoms with Crippen LogP contribution in [0.3, 0.4) is 0 Å². The zero-order valence-corrected chi connectivity index (χ0v) is 11.9. The summed E-state index contributed by atoms with van der Waals surface area (Å²) < 4.78 is 0. The Morgan fingerprint density at radius 3 is 3.10 bits per heavy atom. The molecule has 1 amide bonds. The van der Waals surface area contributed by atoms with Gasteiger partial charge in [-0.15, -0.1) is 11.3 Å². The summed E-state index contributed by atoms with van der Waals surface area (Å²) in [5.41, 5.74) is 2.44. The lowest BCUT2D eigenvalue weighted by Gasteiger charge is -2.02. The van der Waals surface area contributed by atoms with Gasteiger partial charge in [0.05, 0.1) is 24.9 Å². The Morgan fingerprint density at radius 1 is 1.38 bits per heavy atom. The van der Waals surface area contributed by atoms with Crippen LogP contribution in [0.15, 0.2) is 42.3 Å². The van der Waals surface area contributed by atoms with E-state index >= 15 is 0 Å². The molecule has 6 nitrogen and oxygen atoms in total. The number of carbonyl (C=O) groups excluding carboxylic acids is 1. The van der Waals surface area contributed by atoms with Crippen LogP contribution in [0.1, 0.15) is 11.4 Å². The number of aromatic amines is 1. The molecule has 0 bridgehead atoms. The van der Waals surface area contributed by atoms with Gasteiger partial charge in [0, 0.05) is 29.7 Å². The quantitative estimate of drug-likeness (QED) is 0.752. The summed E-state index contributed by atoms with van der Waals surface area (Å²) in [5.74, 6) is -0.0550. The summed E-state index contributed by atoms with van der Waals surface area (Å²) in [6.07, 6.45) is 6.99. The first-order valence-electron chi connectivity index (χ1n) is 6.41. The molecule has 0 spiro atoms. The second-order valence-corrected chi connectivity index (χ2v) is 5.24. The molecule has 0 unspecified atom stereocenters. The van der Waals surface area contributed by atoms with Crippen LogP contribution in [-0.2, 0) is 17.8 Å². The van der Waals surface area contributed by atoms with Crippen molar-refractivity contribution in [2.24, 2.45) is 0 Å². The highest BCUT2D eigenvalue weighted by Crippen LogP contribution is 2.20. The van der Waals surface area contributed by atoms with Crippen molar-refractivity contribution in [2.45, 2.75) is 13.0 Å². The van der Waals surface area contributed by atoms with E-state index in [9.17, 15) is 4.79 Å². The summed E-state index contributed by atoms with van der Waals surface area (Å²) >= 11 is 1.46. The second kappa shape index (κ2) is 6.27. The Morgan fingerprint density at radius 2 is 2.33 bits per heavy atom. The third-order valence-electron chi connectivity index (χ3n) is 2.81. The van der Waals surface area contributed by atoms with Crippen LogP contribution in [0.25, 0.3) is 10.7 Å². The molecule has 0 aromatic carbocycles. The topological polar surface area (TPSA) is 83.6 Å². The number of hydrogen-bond acceptors (Lipinski definition) is 5. The Bertz CT molecular complexity index is 708. The van der Waals surface area contributed by atoms with Crippen molar-refractivity contribution in [2.75, 3.05) is 0 Å². The Labute approximate surface area is 125 Å². The molecule has 0 saturated carbocycles. The van der Waals surface area contributed by atoms with Gasteiger partial charge in [0.2, 0.25) is 5.91 Å². The number of carbonyl (C=O) groups is 1. The van der Waals surface area contributed by atoms with Crippen LogP contribution < -0.4 is 5.32 Å². The average molecular weight is 299 g/mol. The first-order chi connectivity index (χ1) is 10.3. The van der Waals surface area contributed by atoms with E-state index in [-0.39, 0.29) is 12.3 Å². The molecule has 0 aliphatic rings. The third-order valence-corrected chi connectivity index (χ3v) is 3.73. The molecule has 3 heterocycles. The summed E-state index contributed by atoms with van der Waals surface area (Å²) in [6, 6.07) is 3.82. The van der Waals surface area contributed by atoms with Crippen molar-refractivity contribution in [3.05, 3.63) is 53.7 Å². The monoisotopic (exact) mass is 299 g/mol. The van der Waals surface area contributed by atoms with Gasteiger partial charge in [-0.1, -0.05) is 0 Å². The lowest BCUT2D eigenvalue weighted by Crippen LogP contribution is -2.24. The number of aromatic nitrogens is 4. The van der Waals surface area contributed by atoms with Crippen LogP contribution in [0.5, 0.6) is 0 Å². The highest BCUT2D eigenvalue weighted by Gasteiger charge is 2.09. The van der Waals surface area contributed by atoms with Gasteiger partial charge < -0.3 is 10.3 Å². The standard InChI is InChI=1S/C14H13N5OS/c20-13(18-7-10-2-1-3-16-10)6-11-9-21-14(19-11)12-8-15-4-5-17-12/h1-5,8-9,16H,6-7H2,(H,18,20). The maximum Gasteiger partial charge on any atom is 0.226 e. The van der Waals surface area contributed by atoms with E-state index in [1.165, 1.54) is 11.3 Å². The fraction of sp³-hybridized carbons (Fsp3) is 0.143. The second-order valence-electron chi connectivity index (χ2n) is 4.38. The average Bonchev–Trinajstić information content (AvgIpc) is 3.17. The number of thiazole rings is 1. The van der Waals surface area contributed by atoms with Crippen molar-refractivity contribution >= 4 is 17.2 Å². The first-order valence-corrected chi connectivity index (χ1v) is 7.29. The molecule has 0 atom stereocenters. The fourth-order valence-corrected chi connectivity index (χ4v) is 2.59. The number of nitrogens with zero attached hydrogens (tertiary/aromatic N) is 3. The smallest absolute Gasteiger partial charge is 0.226 e. The predicted octanol–water partition coefficient (Wildman–Crippen LogP) is 1.79. The number of nitrogens with one attached hydrogen (secondary N) is 2. The number of amides is 1. The van der Waals surface area contributed by atoms with E-state index in [4.69, 9.17) is 0 Å². The van der Waals surface area contributed by atoms with Crippen LogP contribution >= 0.6 is 11.3 Å². The Kier molecular flexibility index (Phi) is 4.02. The molecule has 0 radical (unpaired) electrons. The van der Waals surface area contributed by atoms with Crippen LogP contribution in [0.4, 0.5) is 0 Å². The minimum Gasteiger partial charge on any atom is -0.364 e. The minimum absolute atomic E-state index is 0.0550. The zero-order valence-electron chi connectivity index (χ0n) is 11.1. The van der Waals surface area contributed by atoms with Crippen LogP contribution in [0, 0.1) is 0 Å². The van der Waals surface area contributed by atoms with E-state index in [1.54, 1.807) is 18.6 Å². The van der Waals surface area contributed by atoms with Gasteiger partial charge in [-0.05, 0) is 12.1 Å². The molecule has 3 aromatic rings. The lowest BCUT2D eigenvalue weighted by atomic mass is 10.3. The third kappa shape index (κ3) is 3.51. The predicted molar refractivity (Wildman–Crippen MR) is 79.5 cm³/mol. The lowest BCUT2D eigenvalue weighted by molar-refractivity contribution is -0.120. The van der Waals surface area contributed by atoms with Crippen molar-refractivity contribution in [3.63, 3.8) is 0 Å². The van der Waals surface area contributed by atoms with Gasteiger partial charge in [-0.2, -0.15) is 0 Å². The van der Waals surface area contributed by atoms with E-state index in [0.717, 1.165) is 22.1 Å². The van der Waals surface area contributed by atoms with E-state index in [0.29, 0.717) is 6.54 Å². The molecule has 0 saturated heterocycles. The van der Waals surface area contributed by atoms with Crippen LogP contribution in [-0.4, -0.2) is 25.8 Å². The summed E-state index contributed by atoms with van der Waals surface area (Å²) in [5, 5.41) is 5.50. The van der Waals surface area contributed by atoms with Crippen molar-refractivity contribution in [3.8, 4) is 10.7 Å². The van der Waals surface area contributed by atoms with E-state index in [2.05, 4.69) is 25.3 Å². The largest absolute Gasteiger partial charge is 0.364 e. The van der Waals surface area contributed by atoms with Crippen molar-refractivity contribution in [1.29, 1.82) is 0 Å². The molecule has 0 aliphatic carbocycles. The van der Waals surface area contributed by atoms with Crippen LogP contribution in [0.2, 0.25) is 0 Å². The molecule has 3 aromatic heterocycles. The number of hydrogen-bond donors (Lipinski definition) is 2. The summed E-state index contributed by atoms with van der Waals surface area (Å²) in [4.78, 5) is 27.5. The highest BCUT2D eigenvalue weighted by molar-refractivity contribution is 7.13. The van der Waals surface area contributed by atoms with Gasteiger partial charge in [0.25, 0.3) is 0 Å². The molecular weight excluding hydrogens is 286 g/mol. The molecule has 2 N–H and O–H groups in total. The van der Waals surface area contributed by atoms with Gasteiger partial charge in [0.15, 0.2) is 0 Å².